The van der Waals surface area contributed by atoms with Crippen molar-refractivity contribution in [2.75, 3.05) is 0 Å². The summed E-state index contributed by atoms with van der Waals surface area (Å²) in [6.45, 7) is 4.67. The molecule has 0 aromatic carbocycles. The number of H-pyrrole nitrogens is 1. The Morgan fingerprint density at radius 1 is 0.783 bits per heavy atom. The zero-order valence-electron chi connectivity index (χ0n) is 16.1. The van der Waals surface area contributed by atoms with Crippen LogP contribution in [0.2, 0.25) is 0 Å². The Balaban J connectivity index is 1.74. The van der Waals surface area contributed by atoms with Crippen LogP contribution < -0.4 is 4.57 Å². The first-order valence-corrected chi connectivity index (χ1v) is 10.2. The van der Waals surface area contributed by atoms with Crippen molar-refractivity contribution < 1.29 is 4.57 Å². The minimum absolute atomic E-state index is 0.889. The molecule has 1 aromatic heterocycles. The molecule has 0 bridgehead atoms. The molecule has 0 fully saturated rings. The molecule has 0 radical (unpaired) electrons. The van der Waals surface area contributed by atoms with Crippen molar-refractivity contribution in [3.63, 3.8) is 0 Å². The number of unbranched alkanes of at least 4 members (excludes halogenated alkanes) is 11. The highest BCUT2D eigenvalue weighted by atomic mass is 15.0. The number of hydrogen-bond donors (Lipinski definition) is 1. The summed E-state index contributed by atoms with van der Waals surface area (Å²) in [4.78, 5) is 3.32. The number of aromatic amines is 1. The van der Waals surface area contributed by atoms with Crippen LogP contribution >= 0.6 is 0 Å². The first-order valence-electron chi connectivity index (χ1n) is 10.2. The topological polar surface area (TPSA) is 19.7 Å². The van der Waals surface area contributed by atoms with E-state index >= 15 is 0 Å². The van der Waals surface area contributed by atoms with E-state index in [-0.39, 0.29) is 0 Å². The van der Waals surface area contributed by atoms with Gasteiger partial charge in [-0.15, -0.1) is 0 Å². The Kier molecular flexibility index (Phi) is 12.0. The largest absolute Gasteiger partial charge is 0.253 e. The molecule has 1 heterocycles. The zero-order valence-corrected chi connectivity index (χ0v) is 16.1. The van der Waals surface area contributed by atoms with E-state index in [0.717, 1.165) is 5.92 Å². The van der Waals surface area contributed by atoms with Crippen molar-refractivity contribution in [3.8, 4) is 0 Å². The second-order valence-electron chi connectivity index (χ2n) is 7.69. The summed E-state index contributed by atoms with van der Waals surface area (Å²) in [6.07, 6.45) is 23.9. The van der Waals surface area contributed by atoms with E-state index in [1.807, 2.05) is 6.20 Å². The number of hydrogen-bond acceptors (Lipinski definition) is 0. The number of rotatable bonds is 15. The van der Waals surface area contributed by atoms with Gasteiger partial charge >= 0.3 is 0 Å². The average molecular weight is 322 g/mol. The van der Waals surface area contributed by atoms with Gasteiger partial charge in [0.05, 0.1) is 7.05 Å². The van der Waals surface area contributed by atoms with Crippen LogP contribution in [-0.2, 0) is 13.5 Å². The third-order valence-electron chi connectivity index (χ3n) is 4.92. The fourth-order valence-electron chi connectivity index (χ4n) is 3.30. The van der Waals surface area contributed by atoms with E-state index in [1.165, 1.54) is 95.7 Å². The molecule has 2 heteroatoms. The van der Waals surface area contributed by atoms with Crippen molar-refractivity contribution in [3.05, 3.63) is 18.2 Å². The monoisotopic (exact) mass is 321 g/mol. The van der Waals surface area contributed by atoms with Crippen molar-refractivity contribution in [1.29, 1.82) is 0 Å². The number of imidazole rings is 1. The van der Waals surface area contributed by atoms with Crippen LogP contribution in [0.4, 0.5) is 0 Å². The van der Waals surface area contributed by atoms with Crippen LogP contribution in [0.1, 0.15) is 103 Å². The SMILES string of the molecule is CC(C)CCCCCCCCCCCCCCc1[nH]cc[n+]1C. The molecular formula is C21H41N2+. The Labute approximate surface area is 145 Å². The fraction of sp³-hybridized carbons (Fsp3) is 0.857. The van der Waals surface area contributed by atoms with Crippen LogP contribution in [-0.4, -0.2) is 4.98 Å². The molecule has 0 aliphatic carbocycles. The van der Waals surface area contributed by atoms with E-state index in [9.17, 15) is 0 Å². The summed E-state index contributed by atoms with van der Waals surface area (Å²) in [6, 6.07) is 0. The van der Waals surface area contributed by atoms with Gasteiger partial charge in [-0.3, -0.25) is 0 Å². The molecule has 0 aliphatic rings. The maximum absolute atomic E-state index is 3.32. The Hall–Kier alpha value is -0.790. The number of aromatic nitrogens is 2. The maximum Gasteiger partial charge on any atom is 0.253 e. The van der Waals surface area contributed by atoms with Crippen LogP contribution in [0.3, 0.4) is 0 Å². The smallest absolute Gasteiger partial charge is 0.248 e. The Morgan fingerprint density at radius 2 is 1.26 bits per heavy atom. The van der Waals surface area contributed by atoms with E-state index in [4.69, 9.17) is 0 Å². The highest BCUT2D eigenvalue weighted by Crippen LogP contribution is 2.14. The lowest BCUT2D eigenvalue weighted by Crippen LogP contribution is -2.30. The van der Waals surface area contributed by atoms with Crippen molar-refractivity contribution in [2.24, 2.45) is 13.0 Å². The minimum Gasteiger partial charge on any atom is -0.248 e. The van der Waals surface area contributed by atoms with E-state index in [0.29, 0.717) is 0 Å². The molecule has 0 saturated carbocycles. The molecule has 1 rings (SSSR count). The highest BCUT2D eigenvalue weighted by molar-refractivity contribution is 4.76. The second kappa shape index (κ2) is 13.6. The van der Waals surface area contributed by atoms with Gasteiger partial charge in [-0.25, -0.2) is 9.55 Å². The first kappa shape index (κ1) is 20.3. The lowest BCUT2D eigenvalue weighted by Gasteiger charge is -2.04. The molecule has 134 valence electrons. The van der Waals surface area contributed by atoms with Gasteiger partial charge in [0.2, 0.25) is 0 Å². The van der Waals surface area contributed by atoms with Gasteiger partial charge in [-0.05, 0) is 12.3 Å². The third kappa shape index (κ3) is 11.4. The highest BCUT2D eigenvalue weighted by Gasteiger charge is 2.04. The standard InChI is InChI=1S/C21H40N2/c1-20(2)16-14-12-10-8-6-4-5-7-9-11-13-15-17-21-22-18-19-23(21)3/h18-20H,4-17H2,1-3H3/p+1. The van der Waals surface area contributed by atoms with Crippen molar-refractivity contribution in [1.82, 2.24) is 4.98 Å². The first-order chi connectivity index (χ1) is 11.2. The second-order valence-corrected chi connectivity index (χ2v) is 7.69. The van der Waals surface area contributed by atoms with E-state index < -0.39 is 0 Å². The van der Waals surface area contributed by atoms with Gasteiger partial charge in [0.25, 0.3) is 5.82 Å². The molecule has 2 nitrogen and oxygen atoms in total. The summed E-state index contributed by atoms with van der Waals surface area (Å²) < 4.78 is 2.20. The molecule has 0 atom stereocenters. The van der Waals surface area contributed by atoms with Crippen molar-refractivity contribution in [2.45, 2.75) is 104 Å². The fourth-order valence-corrected chi connectivity index (χ4v) is 3.30. The predicted molar refractivity (Wildman–Crippen MR) is 101 cm³/mol. The quantitative estimate of drug-likeness (QED) is 0.297. The molecule has 0 saturated heterocycles. The Bertz CT molecular complexity index is 368. The van der Waals surface area contributed by atoms with Gasteiger partial charge in [0.1, 0.15) is 12.4 Å². The van der Waals surface area contributed by atoms with Gasteiger partial charge in [-0.1, -0.05) is 90.9 Å². The summed E-state index contributed by atoms with van der Waals surface area (Å²) >= 11 is 0. The predicted octanol–water partition coefficient (Wildman–Crippen LogP) is 6.11. The number of nitrogens with one attached hydrogen (secondary N) is 1. The summed E-state index contributed by atoms with van der Waals surface area (Å²) in [5.74, 6) is 2.25. The van der Waals surface area contributed by atoms with Crippen LogP contribution in [0.15, 0.2) is 12.4 Å². The number of nitrogens with zero attached hydrogens (tertiary/aromatic N) is 1. The van der Waals surface area contributed by atoms with Crippen LogP contribution in [0.5, 0.6) is 0 Å². The zero-order chi connectivity index (χ0) is 16.8. The molecule has 1 N–H and O–H groups in total. The van der Waals surface area contributed by atoms with E-state index in [2.05, 4.69) is 36.6 Å². The average Bonchev–Trinajstić information content (AvgIpc) is 2.92. The molecule has 23 heavy (non-hydrogen) atoms. The molecule has 1 aromatic rings. The van der Waals surface area contributed by atoms with E-state index in [1.54, 1.807) is 0 Å². The van der Waals surface area contributed by atoms with Gasteiger partial charge < -0.3 is 0 Å². The summed E-state index contributed by atoms with van der Waals surface area (Å²) in [5.41, 5.74) is 0. The van der Waals surface area contributed by atoms with Gasteiger partial charge in [0, 0.05) is 6.42 Å². The molecule has 0 spiro atoms. The molecule has 0 amide bonds. The lowest BCUT2D eigenvalue weighted by molar-refractivity contribution is -0.677. The van der Waals surface area contributed by atoms with Gasteiger partial charge in [-0.2, -0.15) is 0 Å². The molecule has 0 unspecified atom stereocenters. The van der Waals surface area contributed by atoms with Gasteiger partial charge in [0.15, 0.2) is 0 Å². The number of aryl methyl sites for hydroxylation is 2. The van der Waals surface area contributed by atoms with Crippen LogP contribution in [0.25, 0.3) is 0 Å². The molecular weight excluding hydrogens is 280 g/mol. The third-order valence-corrected chi connectivity index (χ3v) is 4.92. The minimum atomic E-state index is 0.889. The summed E-state index contributed by atoms with van der Waals surface area (Å²) in [5, 5.41) is 0. The maximum atomic E-state index is 3.32. The Morgan fingerprint density at radius 3 is 1.70 bits per heavy atom. The summed E-state index contributed by atoms with van der Waals surface area (Å²) in [7, 11) is 2.12. The normalized spacial score (nSPS) is 11.5. The van der Waals surface area contributed by atoms with Crippen LogP contribution in [0, 0.1) is 5.92 Å². The molecule has 0 aliphatic heterocycles. The van der Waals surface area contributed by atoms with Crippen molar-refractivity contribution >= 4 is 0 Å². The lowest BCUT2D eigenvalue weighted by atomic mass is 10.0.